The Morgan fingerprint density at radius 1 is 1.47 bits per heavy atom. The van der Waals surface area contributed by atoms with Gasteiger partial charge >= 0.3 is 5.97 Å². The highest BCUT2D eigenvalue weighted by atomic mass is 32.1. The fourth-order valence-electron chi connectivity index (χ4n) is 1.20. The van der Waals surface area contributed by atoms with Crippen molar-refractivity contribution in [3.63, 3.8) is 0 Å². The number of hydrogen-bond donors (Lipinski definition) is 0. The first-order valence-electron chi connectivity index (χ1n) is 5.14. The molecule has 0 saturated heterocycles. The van der Waals surface area contributed by atoms with Crippen molar-refractivity contribution in [2.24, 2.45) is 0 Å². The number of nitrogens with zero attached hydrogens (tertiary/aromatic N) is 1. The Morgan fingerprint density at radius 2 is 2.35 bits per heavy atom. The summed E-state index contributed by atoms with van der Waals surface area (Å²) in [5.41, 5.74) is 0.377. The highest BCUT2D eigenvalue weighted by Crippen LogP contribution is 2.16. The summed E-state index contributed by atoms with van der Waals surface area (Å²) in [5.74, 6) is -0.362. The maximum absolute atomic E-state index is 11.4. The summed E-state index contributed by atoms with van der Waals surface area (Å²) in [6.07, 6.45) is 3.89. The molecule has 0 bridgehead atoms. The van der Waals surface area contributed by atoms with E-state index < -0.39 is 0 Å². The number of aromatic nitrogens is 1. The molecule has 5 heteroatoms. The third-order valence-corrected chi connectivity index (χ3v) is 3.59. The van der Waals surface area contributed by atoms with E-state index in [-0.39, 0.29) is 5.97 Å². The van der Waals surface area contributed by atoms with E-state index in [4.69, 9.17) is 4.74 Å². The van der Waals surface area contributed by atoms with Crippen molar-refractivity contribution >= 4 is 40.8 Å². The first kappa shape index (κ1) is 12.0. The SMILES string of the molecule is CCOC(=O)c1csc(C=Cc2cccs2)n1. The predicted octanol–water partition coefficient (Wildman–Crippen LogP) is 3.55. The molecule has 0 N–H and O–H groups in total. The molecule has 2 rings (SSSR count). The Kier molecular flexibility index (Phi) is 4.06. The molecule has 0 spiro atoms. The minimum absolute atomic E-state index is 0.362. The fraction of sp³-hybridized carbons (Fsp3) is 0.167. The molecule has 0 aliphatic heterocycles. The number of carbonyl (C=O) groups is 1. The molecule has 3 nitrogen and oxygen atoms in total. The Balaban J connectivity index is 2.06. The third kappa shape index (κ3) is 3.25. The Hall–Kier alpha value is -1.46. The van der Waals surface area contributed by atoms with Crippen LogP contribution in [-0.2, 0) is 4.74 Å². The van der Waals surface area contributed by atoms with Crippen molar-refractivity contribution in [2.75, 3.05) is 6.61 Å². The Labute approximate surface area is 107 Å². The molecular formula is C12H11NO2S2. The highest BCUT2D eigenvalue weighted by Gasteiger charge is 2.09. The second-order valence-electron chi connectivity index (χ2n) is 3.14. The summed E-state index contributed by atoms with van der Waals surface area (Å²) >= 11 is 3.09. The van der Waals surface area contributed by atoms with Gasteiger partial charge in [0.15, 0.2) is 5.69 Å². The molecule has 0 aliphatic rings. The number of carbonyl (C=O) groups excluding carboxylic acids is 1. The molecule has 88 valence electrons. The van der Waals surface area contributed by atoms with Gasteiger partial charge in [-0.2, -0.15) is 0 Å². The second-order valence-corrected chi connectivity index (χ2v) is 5.01. The topological polar surface area (TPSA) is 39.2 Å². The zero-order valence-electron chi connectivity index (χ0n) is 9.25. The largest absolute Gasteiger partial charge is 0.461 e. The first-order chi connectivity index (χ1) is 8.29. The van der Waals surface area contributed by atoms with Crippen molar-refractivity contribution < 1.29 is 9.53 Å². The van der Waals surface area contributed by atoms with Crippen LogP contribution in [0.1, 0.15) is 27.3 Å². The normalized spacial score (nSPS) is 10.9. The van der Waals surface area contributed by atoms with Crippen LogP contribution in [0, 0.1) is 0 Å². The quantitative estimate of drug-likeness (QED) is 0.794. The highest BCUT2D eigenvalue weighted by molar-refractivity contribution is 7.11. The van der Waals surface area contributed by atoms with Crippen molar-refractivity contribution in [1.82, 2.24) is 4.98 Å². The van der Waals surface area contributed by atoms with Crippen molar-refractivity contribution in [3.8, 4) is 0 Å². The molecule has 0 atom stereocenters. The molecule has 0 saturated carbocycles. The summed E-state index contributed by atoms with van der Waals surface area (Å²) in [4.78, 5) is 16.7. The molecule has 17 heavy (non-hydrogen) atoms. The average Bonchev–Trinajstić information content (AvgIpc) is 2.98. The summed E-state index contributed by atoms with van der Waals surface area (Å²) < 4.78 is 4.87. The van der Waals surface area contributed by atoms with E-state index in [1.165, 1.54) is 11.3 Å². The van der Waals surface area contributed by atoms with Gasteiger partial charge in [-0.3, -0.25) is 0 Å². The number of rotatable bonds is 4. The third-order valence-electron chi connectivity index (χ3n) is 1.94. The van der Waals surface area contributed by atoms with Gasteiger partial charge in [0.1, 0.15) is 5.01 Å². The summed E-state index contributed by atoms with van der Waals surface area (Å²) in [6.45, 7) is 2.15. The summed E-state index contributed by atoms with van der Waals surface area (Å²) in [5, 5.41) is 4.54. The van der Waals surface area contributed by atoms with E-state index in [9.17, 15) is 4.79 Å². The van der Waals surface area contributed by atoms with Crippen LogP contribution in [0.25, 0.3) is 12.2 Å². The molecular weight excluding hydrogens is 254 g/mol. The Morgan fingerprint density at radius 3 is 3.06 bits per heavy atom. The number of thiazole rings is 1. The van der Waals surface area contributed by atoms with Crippen LogP contribution in [0.5, 0.6) is 0 Å². The minimum atomic E-state index is -0.362. The van der Waals surface area contributed by atoms with Crippen molar-refractivity contribution in [3.05, 3.63) is 38.5 Å². The van der Waals surface area contributed by atoms with Gasteiger partial charge in [0.05, 0.1) is 6.61 Å². The van der Waals surface area contributed by atoms with Crippen molar-refractivity contribution in [1.29, 1.82) is 0 Å². The molecule has 0 fully saturated rings. The van der Waals surface area contributed by atoms with Gasteiger partial charge in [-0.05, 0) is 30.5 Å². The predicted molar refractivity (Wildman–Crippen MR) is 71.3 cm³/mol. The maximum atomic E-state index is 11.4. The first-order valence-corrected chi connectivity index (χ1v) is 6.89. The lowest BCUT2D eigenvalue weighted by Gasteiger charge is -1.95. The zero-order valence-corrected chi connectivity index (χ0v) is 10.9. The Bertz CT molecular complexity index is 514. The molecule has 2 aromatic heterocycles. The van der Waals surface area contributed by atoms with Gasteiger partial charge in [0, 0.05) is 10.3 Å². The molecule has 0 amide bonds. The number of esters is 1. The van der Waals surface area contributed by atoms with Crippen LogP contribution in [0.15, 0.2) is 22.9 Å². The molecule has 2 heterocycles. The molecule has 0 unspecified atom stereocenters. The number of ether oxygens (including phenoxy) is 1. The van der Waals surface area contributed by atoms with E-state index in [1.807, 2.05) is 29.7 Å². The lowest BCUT2D eigenvalue weighted by atomic mass is 10.4. The lowest BCUT2D eigenvalue weighted by molar-refractivity contribution is 0.0520. The molecule has 0 aromatic carbocycles. The standard InChI is InChI=1S/C12H11NO2S2/c1-2-15-12(14)10-8-17-11(13-10)6-5-9-4-3-7-16-9/h3-8H,2H2,1H3. The van der Waals surface area contributed by atoms with Gasteiger partial charge in [0.25, 0.3) is 0 Å². The summed E-state index contributed by atoms with van der Waals surface area (Å²) in [6, 6.07) is 4.03. The van der Waals surface area contributed by atoms with E-state index in [1.54, 1.807) is 23.6 Å². The van der Waals surface area contributed by atoms with Crippen LogP contribution < -0.4 is 0 Å². The maximum Gasteiger partial charge on any atom is 0.357 e. The summed E-state index contributed by atoms with van der Waals surface area (Å²) in [7, 11) is 0. The molecule has 0 radical (unpaired) electrons. The average molecular weight is 265 g/mol. The van der Waals surface area contributed by atoms with Crippen molar-refractivity contribution in [2.45, 2.75) is 6.92 Å². The second kappa shape index (κ2) is 5.75. The molecule has 2 aromatic rings. The fourth-order valence-corrected chi connectivity index (χ4v) is 2.50. The minimum Gasteiger partial charge on any atom is -0.461 e. The van der Waals surface area contributed by atoms with Crippen LogP contribution in [-0.4, -0.2) is 17.6 Å². The van der Waals surface area contributed by atoms with Crippen LogP contribution in [0.4, 0.5) is 0 Å². The van der Waals surface area contributed by atoms with Gasteiger partial charge in [-0.25, -0.2) is 9.78 Å². The van der Waals surface area contributed by atoms with Crippen LogP contribution >= 0.6 is 22.7 Å². The lowest BCUT2D eigenvalue weighted by Crippen LogP contribution is -2.04. The van der Waals surface area contributed by atoms with E-state index in [2.05, 4.69) is 4.98 Å². The van der Waals surface area contributed by atoms with E-state index in [0.29, 0.717) is 12.3 Å². The smallest absolute Gasteiger partial charge is 0.357 e. The van der Waals surface area contributed by atoms with E-state index in [0.717, 1.165) is 9.88 Å². The van der Waals surface area contributed by atoms with E-state index >= 15 is 0 Å². The van der Waals surface area contributed by atoms with Crippen LogP contribution in [0.3, 0.4) is 0 Å². The van der Waals surface area contributed by atoms with Gasteiger partial charge in [0.2, 0.25) is 0 Å². The van der Waals surface area contributed by atoms with Crippen LogP contribution in [0.2, 0.25) is 0 Å². The van der Waals surface area contributed by atoms with Gasteiger partial charge < -0.3 is 4.74 Å². The monoisotopic (exact) mass is 265 g/mol. The number of thiophene rings is 1. The number of hydrogen-bond acceptors (Lipinski definition) is 5. The van der Waals surface area contributed by atoms with Gasteiger partial charge in [-0.1, -0.05) is 6.07 Å². The zero-order chi connectivity index (χ0) is 12.1. The molecule has 0 aliphatic carbocycles. The van der Waals surface area contributed by atoms with Gasteiger partial charge in [-0.15, -0.1) is 22.7 Å².